The monoisotopic (exact) mass is 221 g/mol. The summed E-state index contributed by atoms with van der Waals surface area (Å²) in [5.41, 5.74) is 5.54. The van der Waals surface area contributed by atoms with Gasteiger partial charge >= 0.3 is 0 Å². The van der Waals surface area contributed by atoms with E-state index >= 15 is 0 Å². The van der Waals surface area contributed by atoms with Crippen LogP contribution in [-0.4, -0.2) is 37.1 Å². The topological polar surface area (TPSA) is 41.3 Å². The first-order chi connectivity index (χ1) is 7.90. The second-order valence-electron chi connectivity index (χ2n) is 4.76. The standard InChI is InChI=1S/C13H23N3/c14-7-3-9-16-10-5-12(6-11-16)13-4-1-2-8-15-13/h1-2,4,8,12-13,15H,3,5-7,9-11,14H2. The Labute approximate surface area is 98.4 Å². The van der Waals surface area contributed by atoms with Crippen molar-refractivity contribution in [3.8, 4) is 0 Å². The maximum absolute atomic E-state index is 5.54. The zero-order chi connectivity index (χ0) is 11.2. The number of hydrogen-bond donors (Lipinski definition) is 2. The van der Waals surface area contributed by atoms with Gasteiger partial charge in [-0.1, -0.05) is 12.2 Å². The van der Waals surface area contributed by atoms with Gasteiger partial charge < -0.3 is 16.0 Å². The number of likely N-dealkylation sites (tertiary alicyclic amines) is 1. The molecule has 2 heterocycles. The smallest absolute Gasteiger partial charge is 0.0471 e. The molecule has 0 aromatic heterocycles. The molecule has 3 nitrogen and oxygen atoms in total. The molecule has 2 aliphatic heterocycles. The van der Waals surface area contributed by atoms with Gasteiger partial charge in [0.1, 0.15) is 0 Å². The molecular weight excluding hydrogens is 198 g/mol. The van der Waals surface area contributed by atoms with Crippen LogP contribution in [0.25, 0.3) is 0 Å². The molecule has 0 aromatic carbocycles. The van der Waals surface area contributed by atoms with Crippen molar-refractivity contribution in [2.45, 2.75) is 25.3 Å². The van der Waals surface area contributed by atoms with E-state index < -0.39 is 0 Å². The van der Waals surface area contributed by atoms with Crippen LogP contribution in [0, 0.1) is 5.92 Å². The first-order valence-corrected chi connectivity index (χ1v) is 6.42. The molecule has 1 atom stereocenters. The summed E-state index contributed by atoms with van der Waals surface area (Å²) in [6.45, 7) is 4.47. The molecule has 1 unspecified atom stereocenters. The maximum atomic E-state index is 5.54. The molecule has 0 saturated carbocycles. The summed E-state index contributed by atoms with van der Waals surface area (Å²) in [6.07, 6.45) is 12.3. The third-order valence-corrected chi connectivity index (χ3v) is 3.63. The average Bonchev–Trinajstić information content (AvgIpc) is 2.38. The number of hydrogen-bond acceptors (Lipinski definition) is 3. The first kappa shape index (κ1) is 11.7. The van der Waals surface area contributed by atoms with Crippen LogP contribution in [-0.2, 0) is 0 Å². The molecule has 16 heavy (non-hydrogen) atoms. The molecule has 0 spiro atoms. The Morgan fingerprint density at radius 2 is 2.06 bits per heavy atom. The van der Waals surface area contributed by atoms with E-state index in [1.165, 1.54) is 32.5 Å². The lowest BCUT2D eigenvalue weighted by Gasteiger charge is -2.35. The highest BCUT2D eigenvalue weighted by atomic mass is 15.1. The molecule has 0 aliphatic carbocycles. The lowest BCUT2D eigenvalue weighted by Crippen LogP contribution is -2.42. The van der Waals surface area contributed by atoms with E-state index in [1.54, 1.807) is 0 Å². The highest BCUT2D eigenvalue weighted by Crippen LogP contribution is 2.22. The van der Waals surface area contributed by atoms with Gasteiger partial charge in [-0.15, -0.1) is 0 Å². The van der Waals surface area contributed by atoms with Crippen LogP contribution in [0.15, 0.2) is 24.4 Å². The summed E-state index contributed by atoms with van der Waals surface area (Å²) in [5.74, 6) is 0.801. The Hall–Kier alpha value is -0.800. The number of dihydropyridines is 1. The van der Waals surface area contributed by atoms with Crippen molar-refractivity contribution in [1.29, 1.82) is 0 Å². The maximum Gasteiger partial charge on any atom is 0.0471 e. The highest BCUT2D eigenvalue weighted by Gasteiger charge is 2.24. The Morgan fingerprint density at radius 3 is 2.69 bits per heavy atom. The second kappa shape index (κ2) is 6.06. The van der Waals surface area contributed by atoms with Crippen molar-refractivity contribution in [1.82, 2.24) is 10.2 Å². The van der Waals surface area contributed by atoms with Gasteiger partial charge in [0.25, 0.3) is 0 Å². The largest absolute Gasteiger partial charge is 0.384 e. The van der Waals surface area contributed by atoms with Crippen molar-refractivity contribution in [2.24, 2.45) is 11.7 Å². The van der Waals surface area contributed by atoms with Crippen LogP contribution in [0.5, 0.6) is 0 Å². The van der Waals surface area contributed by atoms with Crippen LogP contribution in [0.2, 0.25) is 0 Å². The molecule has 3 N–H and O–H groups in total. The minimum Gasteiger partial charge on any atom is -0.384 e. The van der Waals surface area contributed by atoms with Gasteiger partial charge in [0, 0.05) is 6.04 Å². The summed E-state index contributed by atoms with van der Waals surface area (Å²) in [7, 11) is 0. The summed E-state index contributed by atoms with van der Waals surface area (Å²) >= 11 is 0. The van der Waals surface area contributed by atoms with Crippen LogP contribution < -0.4 is 11.1 Å². The summed E-state index contributed by atoms with van der Waals surface area (Å²) in [4.78, 5) is 2.55. The molecule has 1 fully saturated rings. The molecule has 2 rings (SSSR count). The van der Waals surface area contributed by atoms with Crippen LogP contribution in [0.1, 0.15) is 19.3 Å². The average molecular weight is 221 g/mol. The highest BCUT2D eigenvalue weighted by molar-refractivity contribution is 5.13. The molecule has 3 heteroatoms. The van der Waals surface area contributed by atoms with Gasteiger partial charge in [-0.2, -0.15) is 0 Å². The van der Waals surface area contributed by atoms with E-state index in [-0.39, 0.29) is 0 Å². The Kier molecular flexibility index (Phi) is 4.43. The van der Waals surface area contributed by atoms with E-state index in [0.717, 1.165) is 18.9 Å². The fourth-order valence-electron chi connectivity index (χ4n) is 2.61. The minimum absolute atomic E-state index is 0.557. The molecule has 90 valence electrons. The third-order valence-electron chi connectivity index (χ3n) is 3.63. The summed E-state index contributed by atoms with van der Waals surface area (Å²) in [5, 5.41) is 3.44. The fraction of sp³-hybridized carbons (Fsp3) is 0.692. The zero-order valence-corrected chi connectivity index (χ0v) is 9.94. The van der Waals surface area contributed by atoms with Gasteiger partial charge in [0.15, 0.2) is 0 Å². The number of piperidine rings is 1. The van der Waals surface area contributed by atoms with E-state index in [1.807, 2.05) is 0 Å². The van der Waals surface area contributed by atoms with Crippen LogP contribution in [0.3, 0.4) is 0 Å². The van der Waals surface area contributed by atoms with Gasteiger partial charge in [0.05, 0.1) is 0 Å². The van der Waals surface area contributed by atoms with Gasteiger partial charge in [-0.3, -0.25) is 0 Å². The zero-order valence-electron chi connectivity index (χ0n) is 9.94. The van der Waals surface area contributed by atoms with Crippen LogP contribution >= 0.6 is 0 Å². The normalized spacial score (nSPS) is 26.9. The fourth-order valence-corrected chi connectivity index (χ4v) is 2.61. The predicted octanol–water partition coefficient (Wildman–Crippen LogP) is 1.09. The molecular formula is C13H23N3. The van der Waals surface area contributed by atoms with E-state index in [4.69, 9.17) is 5.73 Å². The molecule has 0 radical (unpaired) electrons. The van der Waals surface area contributed by atoms with E-state index in [0.29, 0.717) is 6.04 Å². The Bertz CT molecular complexity index is 252. The lowest BCUT2D eigenvalue weighted by molar-refractivity contribution is 0.171. The number of nitrogens with two attached hydrogens (primary N) is 1. The number of nitrogens with zero attached hydrogens (tertiary/aromatic N) is 1. The Balaban J connectivity index is 1.72. The molecule has 0 bridgehead atoms. The summed E-state index contributed by atoms with van der Waals surface area (Å²) in [6, 6.07) is 0.557. The van der Waals surface area contributed by atoms with Crippen molar-refractivity contribution >= 4 is 0 Å². The second-order valence-corrected chi connectivity index (χ2v) is 4.76. The third kappa shape index (κ3) is 3.09. The first-order valence-electron chi connectivity index (χ1n) is 6.42. The van der Waals surface area contributed by atoms with E-state index in [2.05, 4.69) is 34.6 Å². The van der Waals surface area contributed by atoms with Gasteiger partial charge in [-0.05, 0) is 63.6 Å². The van der Waals surface area contributed by atoms with Gasteiger partial charge in [-0.25, -0.2) is 0 Å². The predicted molar refractivity (Wildman–Crippen MR) is 68.0 cm³/mol. The number of rotatable bonds is 4. The van der Waals surface area contributed by atoms with Crippen molar-refractivity contribution in [3.05, 3.63) is 24.4 Å². The number of nitrogens with one attached hydrogen (secondary N) is 1. The summed E-state index contributed by atoms with van der Waals surface area (Å²) < 4.78 is 0. The molecule has 0 amide bonds. The van der Waals surface area contributed by atoms with E-state index in [9.17, 15) is 0 Å². The quantitative estimate of drug-likeness (QED) is 0.746. The van der Waals surface area contributed by atoms with Crippen LogP contribution in [0.4, 0.5) is 0 Å². The van der Waals surface area contributed by atoms with Crippen molar-refractivity contribution in [2.75, 3.05) is 26.2 Å². The molecule has 1 saturated heterocycles. The van der Waals surface area contributed by atoms with Gasteiger partial charge in [0.2, 0.25) is 0 Å². The van der Waals surface area contributed by atoms with Crippen molar-refractivity contribution < 1.29 is 0 Å². The Morgan fingerprint density at radius 1 is 1.25 bits per heavy atom. The lowest BCUT2D eigenvalue weighted by atomic mass is 9.88. The number of allylic oxidation sites excluding steroid dienone is 2. The van der Waals surface area contributed by atoms with Crippen molar-refractivity contribution in [3.63, 3.8) is 0 Å². The minimum atomic E-state index is 0.557. The molecule has 0 aromatic rings. The molecule has 2 aliphatic rings. The SMILES string of the molecule is NCCCN1CCC(C2C=CC=CN2)CC1.